The fourth-order valence-corrected chi connectivity index (χ4v) is 2.85. The van der Waals surface area contributed by atoms with Crippen LogP contribution in [0.15, 0.2) is 0 Å². The first-order chi connectivity index (χ1) is 11.3. The van der Waals surface area contributed by atoms with E-state index in [4.69, 9.17) is 4.74 Å². The van der Waals surface area contributed by atoms with Crippen LogP contribution in [0, 0.1) is 13.8 Å². The molecular formula is C16H27N5O3. The third kappa shape index (κ3) is 3.87. The van der Waals surface area contributed by atoms with E-state index in [1.54, 1.807) is 16.5 Å². The molecule has 2 rings (SSSR count). The van der Waals surface area contributed by atoms with Crippen molar-refractivity contribution in [1.29, 1.82) is 0 Å². The molecule has 1 aromatic rings. The average molecular weight is 337 g/mol. The number of amides is 2. The van der Waals surface area contributed by atoms with Gasteiger partial charge in [-0.25, -0.2) is 4.79 Å². The molecule has 1 aliphatic rings. The number of hydrogen-bond acceptors (Lipinski definition) is 5. The molecular weight excluding hydrogens is 310 g/mol. The molecule has 134 valence electrons. The third-order valence-corrected chi connectivity index (χ3v) is 4.52. The topological polar surface area (TPSA) is 79.7 Å². The Morgan fingerprint density at radius 2 is 1.88 bits per heavy atom. The number of nitrogens with zero attached hydrogens (tertiary/aromatic N) is 4. The molecule has 24 heavy (non-hydrogen) atoms. The maximum atomic E-state index is 12.5. The highest BCUT2D eigenvalue weighted by molar-refractivity contribution is 5.95. The summed E-state index contributed by atoms with van der Waals surface area (Å²) >= 11 is 0. The first-order valence-corrected chi connectivity index (χ1v) is 8.32. The van der Waals surface area contributed by atoms with E-state index in [0.717, 1.165) is 17.1 Å². The van der Waals surface area contributed by atoms with Crippen LogP contribution in [0.4, 0.5) is 10.5 Å². The second kappa shape index (κ2) is 7.65. The highest BCUT2D eigenvalue weighted by atomic mass is 16.6. The molecule has 8 heteroatoms. The summed E-state index contributed by atoms with van der Waals surface area (Å²) in [6.07, 6.45) is -0.282. The van der Waals surface area contributed by atoms with Crippen molar-refractivity contribution in [2.75, 3.05) is 38.1 Å². The number of carbonyl (C=O) groups is 2. The molecule has 1 aromatic heterocycles. The zero-order valence-corrected chi connectivity index (χ0v) is 15.1. The van der Waals surface area contributed by atoms with Gasteiger partial charge >= 0.3 is 6.09 Å². The van der Waals surface area contributed by atoms with Gasteiger partial charge in [0.15, 0.2) is 0 Å². The second-order valence-corrected chi connectivity index (χ2v) is 6.06. The Bertz CT molecular complexity index is 605. The number of hydrogen-bond donors (Lipinski definition) is 1. The fourth-order valence-electron chi connectivity index (χ4n) is 2.85. The number of piperazine rings is 1. The quantitative estimate of drug-likeness (QED) is 0.891. The molecule has 0 saturated carbocycles. The van der Waals surface area contributed by atoms with Crippen LogP contribution in [-0.2, 0) is 16.6 Å². The van der Waals surface area contributed by atoms with E-state index in [2.05, 4.69) is 15.3 Å². The molecule has 1 aliphatic heterocycles. The SMILES string of the molecule is CCOC(=O)N1CCN([C@@H](C)C(=O)Nc2c(C)nn(C)c2C)CC1. The predicted molar refractivity (Wildman–Crippen MR) is 90.9 cm³/mol. The van der Waals surface area contributed by atoms with Gasteiger partial charge in [-0.15, -0.1) is 0 Å². The Morgan fingerprint density at radius 3 is 2.38 bits per heavy atom. The standard InChI is InChI=1S/C16H27N5O3/c1-6-24-16(23)21-9-7-20(8-10-21)13(4)15(22)17-14-11(2)18-19(5)12(14)3/h13H,6-10H2,1-5H3,(H,17,22)/t13-/m0/s1. The van der Waals surface area contributed by atoms with Crippen LogP contribution in [0.5, 0.6) is 0 Å². The minimum Gasteiger partial charge on any atom is -0.450 e. The van der Waals surface area contributed by atoms with Crippen molar-refractivity contribution in [2.24, 2.45) is 7.05 Å². The molecule has 0 aliphatic carbocycles. The summed E-state index contributed by atoms with van der Waals surface area (Å²) in [5.74, 6) is -0.0567. The van der Waals surface area contributed by atoms with Gasteiger partial charge in [-0.2, -0.15) is 5.10 Å². The molecule has 0 radical (unpaired) electrons. The van der Waals surface area contributed by atoms with Crippen LogP contribution in [0.3, 0.4) is 0 Å². The Hall–Kier alpha value is -2.09. The van der Waals surface area contributed by atoms with E-state index >= 15 is 0 Å². The summed E-state index contributed by atoms with van der Waals surface area (Å²) < 4.78 is 6.77. The van der Waals surface area contributed by atoms with Gasteiger partial charge in [-0.05, 0) is 27.7 Å². The van der Waals surface area contributed by atoms with E-state index in [0.29, 0.717) is 32.8 Å². The van der Waals surface area contributed by atoms with E-state index in [9.17, 15) is 9.59 Å². The summed E-state index contributed by atoms with van der Waals surface area (Å²) in [6, 6.07) is -0.270. The van der Waals surface area contributed by atoms with Crippen molar-refractivity contribution >= 4 is 17.7 Å². The van der Waals surface area contributed by atoms with Crippen molar-refractivity contribution in [1.82, 2.24) is 19.6 Å². The summed E-state index contributed by atoms with van der Waals surface area (Å²) in [7, 11) is 1.86. The molecule has 0 unspecified atom stereocenters. The number of nitrogens with one attached hydrogen (secondary N) is 1. The van der Waals surface area contributed by atoms with Crippen LogP contribution in [0.1, 0.15) is 25.2 Å². The largest absolute Gasteiger partial charge is 0.450 e. The molecule has 0 bridgehead atoms. The molecule has 2 amide bonds. The number of aryl methyl sites for hydroxylation is 2. The molecule has 1 fully saturated rings. The molecule has 8 nitrogen and oxygen atoms in total. The zero-order valence-electron chi connectivity index (χ0n) is 15.1. The fraction of sp³-hybridized carbons (Fsp3) is 0.688. The lowest BCUT2D eigenvalue weighted by Crippen LogP contribution is -2.54. The number of rotatable bonds is 4. The van der Waals surface area contributed by atoms with E-state index in [-0.39, 0.29) is 18.0 Å². The van der Waals surface area contributed by atoms with Gasteiger partial charge in [0.25, 0.3) is 0 Å². The highest BCUT2D eigenvalue weighted by Crippen LogP contribution is 2.19. The van der Waals surface area contributed by atoms with Gasteiger partial charge < -0.3 is 15.0 Å². The molecule has 1 atom stereocenters. The van der Waals surface area contributed by atoms with Crippen LogP contribution < -0.4 is 5.32 Å². The Morgan fingerprint density at radius 1 is 1.25 bits per heavy atom. The molecule has 0 aromatic carbocycles. The van der Waals surface area contributed by atoms with Crippen molar-refractivity contribution < 1.29 is 14.3 Å². The first-order valence-electron chi connectivity index (χ1n) is 8.32. The van der Waals surface area contributed by atoms with E-state index < -0.39 is 0 Å². The monoisotopic (exact) mass is 337 g/mol. The smallest absolute Gasteiger partial charge is 0.409 e. The minimum absolute atomic E-state index is 0.0567. The molecule has 1 N–H and O–H groups in total. The van der Waals surface area contributed by atoms with Crippen molar-refractivity contribution in [2.45, 2.75) is 33.7 Å². The Balaban J connectivity index is 1.91. The molecule has 1 saturated heterocycles. The van der Waals surface area contributed by atoms with E-state index in [1.165, 1.54) is 0 Å². The number of carbonyl (C=O) groups excluding carboxylic acids is 2. The second-order valence-electron chi connectivity index (χ2n) is 6.06. The lowest BCUT2D eigenvalue weighted by molar-refractivity contribution is -0.121. The third-order valence-electron chi connectivity index (χ3n) is 4.52. The lowest BCUT2D eigenvalue weighted by Gasteiger charge is -2.36. The summed E-state index contributed by atoms with van der Waals surface area (Å²) in [5.41, 5.74) is 2.52. The normalized spacial score (nSPS) is 16.8. The number of anilines is 1. The maximum Gasteiger partial charge on any atom is 0.409 e. The van der Waals surface area contributed by atoms with Crippen LogP contribution >= 0.6 is 0 Å². The predicted octanol–water partition coefficient (Wildman–Crippen LogP) is 1.14. The first kappa shape index (κ1) is 18.3. The minimum atomic E-state index is -0.282. The number of ether oxygens (including phenoxy) is 1. The Labute approximate surface area is 142 Å². The zero-order chi connectivity index (χ0) is 17.9. The van der Waals surface area contributed by atoms with Crippen LogP contribution in [0.2, 0.25) is 0 Å². The van der Waals surface area contributed by atoms with Crippen molar-refractivity contribution in [3.05, 3.63) is 11.4 Å². The van der Waals surface area contributed by atoms with Gasteiger partial charge in [0, 0.05) is 33.2 Å². The van der Waals surface area contributed by atoms with E-state index in [1.807, 2.05) is 27.8 Å². The van der Waals surface area contributed by atoms with Crippen molar-refractivity contribution in [3.8, 4) is 0 Å². The van der Waals surface area contributed by atoms with Crippen LogP contribution in [-0.4, -0.2) is 70.4 Å². The van der Waals surface area contributed by atoms with Gasteiger partial charge in [0.2, 0.25) is 5.91 Å². The molecule has 2 heterocycles. The maximum absolute atomic E-state index is 12.5. The van der Waals surface area contributed by atoms with Gasteiger partial charge in [0.05, 0.1) is 29.7 Å². The molecule has 0 spiro atoms. The average Bonchev–Trinajstić information content (AvgIpc) is 2.80. The van der Waals surface area contributed by atoms with Gasteiger partial charge in [-0.3, -0.25) is 14.4 Å². The van der Waals surface area contributed by atoms with Crippen LogP contribution in [0.25, 0.3) is 0 Å². The van der Waals surface area contributed by atoms with Gasteiger partial charge in [0.1, 0.15) is 0 Å². The highest BCUT2D eigenvalue weighted by Gasteiger charge is 2.28. The summed E-state index contributed by atoms with van der Waals surface area (Å²) in [4.78, 5) is 28.0. The van der Waals surface area contributed by atoms with Gasteiger partial charge in [-0.1, -0.05) is 0 Å². The number of aromatic nitrogens is 2. The summed E-state index contributed by atoms with van der Waals surface area (Å²) in [6.45, 7) is 10.3. The Kier molecular flexibility index (Phi) is 5.82. The summed E-state index contributed by atoms with van der Waals surface area (Å²) in [5, 5.41) is 7.29. The van der Waals surface area contributed by atoms with Crippen molar-refractivity contribution in [3.63, 3.8) is 0 Å². The lowest BCUT2D eigenvalue weighted by atomic mass is 10.2.